The molecule has 0 radical (unpaired) electrons. The van der Waals surface area contributed by atoms with Crippen molar-refractivity contribution in [2.24, 2.45) is 0 Å². The van der Waals surface area contributed by atoms with Crippen LogP contribution in [0.5, 0.6) is 5.75 Å². The highest BCUT2D eigenvalue weighted by Crippen LogP contribution is 2.27. The molecule has 0 amide bonds. The lowest BCUT2D eigenvalue weighted by atomic mass is 10.2. The highest BCUT2D eigenvalue weighted by atomic mass is 16.5. The maximum atomic E-state index is 9.21. The first-order valence-electron chi connectivity index (χ1n) is 6.95. The number of hydrogen-bond acceptors (Lipinski definition) is 7. The fourth-order valence-electron chi connectivity index (χ4n) is 2.15. The highest BCUT2D eigenvalue weighted by molar-refractivity contribution is 5.59. The number of oxazole rings is 1. The smallest absolute Gasteiger partial charge is 0.246 e. The molecule has 1 aliphatic rings. The number of ether oxygens (including phenoxy) is 2. The summed E-state index contributed by atoms with van der Waals surface area (Å²) < 4.78 is 16.1. The van der Waals surface area contributed by atoms with E-state index in [0.29, 0.717) is 25.0 Å². The summed E-state index contributed by atoms with van der Waals surface area (Å²) in [6, 6.07) is 9.36. The fraction of sp³-hybridized carbons (Fsp3) is 0.333. The number of benzene rings is 1. The van der Waals surface area contributed by atoms with E-state index in [1.54, 1.807) is 7.11 Å². The Morgan fingerprint density at radius 3 is 2.64 bits per heavy atom. The van der Waals surface area contributed by atoms with Crippen molar-refractivity contribution in [3.05, 3.63) is 30.0 Å². The Balaban J connectivity index is 1.82. The number of nitrogens with one attached hydrogen (secondary N) is 1. The van der Waals surface area contributed by atoms with Crippen LogP contribution in [0.15, 0.2) is 28.7 Å². The lowest BCUT2D eigenvalue weighted by molar-refractivity contribution is 0.0486. The van der Waals surface area contributed by atoms with Gasteiger partial charge in [-0.25, -0.2) is 5.01 Å². The number of hydrogen-bond donors (Lipinski definition) is 1. The van der Waals surface area contributed by atoms with Crippen LogP contribution >= 0.6 is 0 Å². The number of methoxy groups -OCH3 is 1. The molecule has 0 bridgehead atoms. The second-order valence-electron chi connectivity index (χ2n) is 4.75. The molecule has 3 rings (SSSR count). The minimum absolute atomic E-state index is 0.234. The zero-order valence-corrected chi connectivity index (χ0v) is 12.2. The summed E-state index contributed by atoms with van der Waals surface area (Å²) in [4.78, 5) is 4.23. The van der Waals surface area contributed by atoms with E-state index in [1.165, 1.54) is 0 Å². The first kappa shape index (κ1) is 14.4. The molecule has 1 fully saturated rings. The Kier molecular flexibility index (Phi) is 4.23. The third kappa shape index (κ3) is 3.03. The molecule has 114 valence electrons. The SMILES string of the molecule is COc1ccc(-c2nc(C#N)c(NN3CCOCC3)o2)cc1. The molecule has 22 heavy (non-hydrogen) atoms. The zero-order chi connectivity index (χ0) is 15.4. The third-order valence-electron chi connectivity index (χ3n) is 3.34. The predicted octanol–water partition coefficient (Wildman–Crippen LogP) is 1.88. The fourth-order valence-corrected chi connectivity index (χ4v) is 2.15. The van der Waals surface area contributed by atoms with Gasteiger partial charge < -0.3 is 13.9 Å². The van der Waals surface area contributed by atoms with Crippen LogP contribution in [0.2, 0.25) is 0 Å². The molecular formula is C15H16N4O3. The quantitative estimate of drug-likeness (QED) is 0.922. The van der Waals surface area contributed by atoms with Crippen molar-refractivity contribution in [2.45, 2.75) is 0 Å². The van der Waals surface area contributed by atoms with Crippen LogP contribution in [0, 0.1) is 11.3 Å². The Bertz CT molecular complexity index is 669. The Labute approximate surface area is 128 Å². The van der Waals surface area contributed by atoms with Crippen molar-refractivity contribution in [1.82, 2.24) is 9.99 Å². The molecule has 2 aromatic rings. The van der Waals surface area contributed by atoms with Gasteiger partial charge >= 0.3 is 0 Å². The first-order valence-corrected chi connectivity index (χ1v) is 6.95. The van der Waals surface area contributed by atoms with E-state index in [1.807, 2.05) is 35.3 Å². The molecule has 0 atom stereocenters. The van der Waals surface area contributed by atoms with Crippen molar-refractivity contribution in [3.8, 4) is 23.3 Å². The van der Waals surface area contributed by atoms with Crippen LogP contribution in [0.1, 0.15) is 5.69 Å². The summed E-state index contributed by atoms with van der Waals surface area (Å²) in [5, 5.41) is 11.2. The Morgan fingerprint density at radius 1 is 1.27 bits per heavy atom. The summed E-state index contributed by atoms with van der Waals surface area (Å²) >= 11 is 0. The third-order valence-corrected chi connectivity index (χ3v) is 3.34. The lowest BCUT2D eigenvalue weighted by Crippen LogP contribution is -2.40. The summed E-state index contributed by atoms with van der Waals surface area (Å²) in [6.07, 6.45) is 0. The van der Waals surface area contributed by atoms with Gasteiger partial charge in [0, 0.05) is 18.7 Å². The minimum Gasteiger partial charge on any atom is -0.497 e. The van der Waals surface area contributed by atoms with Gasteiger partial charge in [0.2, 0.25) is 17.5 Å². The molecule has 0 unspecified atom stereocenters. The highest BCUT2D eigenvalue weighted by Gasteiger charge is 2.18. The summed E-state index contributed by atoms with van der Waals surface area (Å²) in [6.45, 7) is 2.75. The number of aromatic nitrogens is 1. The van der Waals surface area contributed by atoms with Crippen molar-refractivity contribution in [3.63, 3.8) is 0 Å². The van der Waals surface area contributed by atoms with E-state index in [-0.39, 0.29) is 5.69 Å². The summed E-state index contributed by atoms with van der Waals surface area (Å²) in [5.74, 6) is 1.51. The molecule has 1 aromatic carbocycles. The monoisotopic (exact) mass is 300 g/mol. The minimum atomic E-state index is 0.234. The molecule has 1 N–H and O–H groups in total. The van der Waals surface area contributed by atoms with Crippen LogP contribution in [0.25, 0.3) is 11.5 Å². The maximum Gasteiger partial charge on any atom is 0.246 e. The summed E-state index contributed by atoms with van der Waals surface area (Å²) in [5.41, 5.74) is 4.11. The van der Waals surface area contributed by atoms with Gasteiger partial charge in [-0.15, -0.1) is 0 Å². The standard InChI is InChI=1S/C15H16N4O3/c1-20-12-4-2-11(3-5-12)14-17-13(10-16)15(22-14)18-19-6-8-21-9-7-19/h2-5,18H,6-9H2,1H3. The van der Waals surface area contributed by atoms with E-state index in [2.05, 4.69) is 10.4 Å². The van der Waals surface area contributed by atoms with Crippen LogP contribution in [-0.2, 0) is 4.74 Å². The molecular weight excluding hydrogens is 284 g/mol. The van der Waals surface area contributed by atoms with Crippen molar-refractivity contribution < 1.29 is 13.9 Å². The van der Waals surface area contributed by atoms with Gasteiger partial charge in [-0.2, -0.15) is 10.2 Å². The van der Waals surface area contributed by atoms with Gasteiger partial charge in [0.05, 0.1) is 20.3 Å². The van der Waals surface area contributed by atoms with E-state index >= 15 is 0 Å². The molecule has 0 aliphatic carbocycles. The van der Waals surface area contributed by atoms with E-state index in [0.717, 1.165) is 24.4 Å². The number of nitrogens with zero attached hydrogens (tertiary/aromatic N) is 3. The van der Waals surface area contributed by atoms with E-state index < -0.39 is 0 Å². The van der Waals surface area contributed by atoms with Crippen LogP contribution < -0.4 is 10.2 Å². The zero-order valence-electron chi connectivity index (χ0n) is 12.2. The molecule has 7 heteroatoms. The van der Waals surface area contributed by atoms with Gasteiger partial charge in [-0.1, -0.05) is 0 Å². The average Bonchev–Trinajstić information content (AvgIpc) is 2.99. The maximum absolute atomic E-state index is 9.21. The van der Waals surface area contributed by atoms with Crippen molar-refractivity contribution in [1.29, 1.82) is 5.26 Å². The van der Waals surface area contributed by atoms with Gasteiger partial charge in [-0.05, 0) is 24.3 Å². The number of anilines is 1. The van der Waals surface area contributed by atoms with Crippen LogP contribution in [-0.4, -0.2) is 43.4 Å². The topological polar surface area (TPSA) is 83.5 Å². The molecule has 1 aromatic heterocycles. The number of morpholine rings is 1. The molecule has 0 saturated carbocycles. The second-order valence-corrected chi connectivity index (χ2v) is 4.75. The average molecular weight is 300 g/mol. The van der Waals surface area contributed by atoms with Crippen LogP contribution in [0.3, 0.4) is 0 Å². The largest absolute Gasteiger partial charge is 0.497 e. The molecule has 0 spiro atoms. The van der Waals surface area contributed by atoms with Crippen molar-refractivity contribution in [2.75, 3.05) is 38.8 Å². The van der Waals surface area contributed by atoms with Crippen molar-refractivity contribution >= 4 is 5.88 Å². The van der Waals surface area contributed by atoms with Gasteiger partial charge in [0.1, 0.15) is 11.8 Å². The molecule has 2 heterocycles. The normalized spacial score (nSPS) is 15.3. The number of rotatable bonds is 4. The summed E-state index contributed by atoms with van der Waals surface area (Å²) in [7, 11) is 1.61. The lowest BCUT2D eigenvalue weighted by Gasteiger charge is -2.26. The first-order chi connectivity index (χ1) is 10.8. The Hall–Kier alpha value is -2.56. The van der Waals surface area contributed by atoms with Gasteiger partial charge in [0.25, 0.3) is 0 Å². The predicted molar refractivity (Wildman–Crippen MR) is 79.2 cm³/mol. The van der Waals surface area contributed by atoms with E-state index in [4.69, 9.17) is 13.9 Å². The number of nitriles is 1. The number of hydrazine groups is 1. The second kappa shape index (κ2) is 6.47. The van der Waals surface area contributed by atoms with Gasteiger partial charge in [-0.3, -0.25) is 5.43 Å². The van der Waals surface area contributed by atoms with Crippen LogP contribution in [0.4, 0.5) is 5.88 Å². The van der Waals surface area contributed by atoms with E-state index in [9.17, 15) is 5.26 Å². The Morgan fingerprint density at radius 2 is 2.00 bits per heavy atom. The molecule has 1 saturated heterocycles. The molecule has 1 aliphatic heterocycles. The molecule has 7 nitrogen and oxygen atoms in total. The van der Waals surface area contributed by atoms with Gasteiger partial charge in [0.15, 0.2) is 0 Å².